The number of benzene rings is 1. The number of hydrogen-bond acceptors (Lipinski definition) is 3. The molecule has 3 N–H and O–H groups in total. The van der Waals surface area contributed by atoms with E-state index < -0.39 is 5.97 Å². The van der Waals surface area contributed by atoms with E-state index in [0.29, 0.717) is 5.75 Å². The van der Waals surface area contributed by atoms with Crippen molar-refractivity contribution in [1.82, 2.24) is 0 Å². The molecule has 4 nitrogen and oxygen atoms in total. The van der Waals surface area contributed by atoms with Crippen LogP contribution in [0.4, 0.5) is 0 Å². The van der Waals surface area contributed by atoms with Crippen LogP contribution in [0.25, 0.3) is 0 Å². The van der Waals surface area contributed by atoms with Gasteiger partial charge in [0.1, 0.15) is 17.4 Å². The average Bonchev–Trinajstić information content (AvgIpc) is 2.65. The monoisotopic (exact) mass is 221 g/mol. The summed E-state index contributed by atoms with van der Waals surface area (Å²) in [6.45, 7) is 0. The second-order valence-electron chi connectivity index (χ2n) is 4.05. The summed E-state index contributed by atoms with van der Waals surface area (Å²) in [5.74, 6) is -0.556. The highest BCUT2D eigenvalue weighted by atomic mass is 16.5. The largest absolute Gasteiger partial charge is 0.488 e. The molecule has 1 fully saturated rings. The van der Waals surface area contributed by atoms with Crippen molar-refractivity contribution >= 4 is 5.97 Å². The van der Waals surface area contributed by atoms with E-state index >= 15 is 0 Å². The number of rotatable bonds is 3. The Morgan fingerprint density at radius 3 is 2.75 bits per heavy atom. The van der Waals surface area contributed by atoms with Gasteiger partial charge in [-0.15, -0.1) is 0 Å². The predicted molar refractivity (Wildman–Crippen MR) is 59.6 cm³/mol. The van der Waals surface area contributed by atoms with Gasteiger partial charge < -0.3 is 15.6 Å². The molecule has 86 valence electrons. The third-order valence-corrected chi connectivity index (χ3v) is 2.90. The topological polar surface area (TPSA) is 72.5 Å². The van der Waals surface area contributed by atoms with Crippen LogP contribution in [0, 0.1) is 0 Å². The van der Waals surface area contributed by atoms with E-state index in [-0.39, 0.29) is 17.7 Å². The van der Waals surface area contributed by atoms with E-state index in [1.165, 1.54) is 6.07 Å². The Morgan fingerprint density at radius 1 is 1.38 bits per heavy atom. The minimum absolute atomic E-state index is 0.0156. The van der Waals surface area contributed by atoms with Gasteiger partial charge in [-0.1, -0.05) is 12.1 Å². The minimum atomic E-state index is -0.970. The van der Waals surface area contributed by atoms with E-state index in [2.05, 4.69) is 0 Å². The van der Waals surface area contributed by atoms with Crippen LogP contribution in [0.3, 0.4) is 0 Å². The highest BCUT2D eigenvalue weighted by Crippen LogP contribution is 2.26. The first-order valence-corrected chi connectivity index (χ1v) is 5.43. The fourth-order valence-corrected chi connectivity index (χ4v) is 2.01. The van der Waals surface area contributed by atoms with Crippen molar-refractivity contribution in [2.45, 2.75) is 31.4 Å². The molecular weight excluding hydrogens is 206 g/mol. The molecule has 0 spiro atoms. The molecule has 1 aliphatic carbocycles. The molecule has 2 atom stereocenters. The summed E-state index contributed by atoms with van der Waals surface area (Å²) >= 11 is 0. The second-order valence-corrected chi connectivity index (χ2v) is 4.05. The van der Waals surface area contributed by atoms with E-state index in [4.69, 9.17) is 15.6 Å². The summed E-state index contributed by atoms with van der Waals surface area (Å²) in [7, 11) is 0. The Hall–Kier alpha value is -1.55. The van der Waals surface area contributed by atoms with E-state index in [1.807, 2.05) is 0 Å². The van der Waals surface area contributed by atoms with Gasteiger partial charge in [-0.3, -0.25) is 0 Å². The third-order valence-electron chi connectivity index (χ3n) is 2.90. The second kappa shape index (κ2) is 4.53. The van der Waals surface area contributed by atoms with Gasteiger partial charge in [0.05, 0.1) is 0 Å². The van der Waals surface area contributed by atoms with Gasteiger partial charge >= 0.3 is 5.97 Å². The lowest BCUT2D eigenvalue weighted by atomic mass is 10.2. The molecule has 1 aliphatic rings. The molecule has 1 saturated carbocycles. The highest BCUT2D eigenvalue weighted by molar-refractivity contribution is 5.90. The van der Waals surface area contributed by atoms with Gasteiger partial charge in [-0.25, -0.2) is 4.79 Å². The lowest BCUT2D eigenvalue weighted by Gasteiger charge is -2.18. The van der Waals surface area contributed by atoms with E-state index in [0.717, 1.165) is 19.3 Å². The van der Waals surface area contributed by atoms with Crippen LogP contribution < -0.4 is 10.5 Å². The van der Waals surface area contributed by atoms with Crippen molar-refractivity contribution < 1.29 is 14.6 Å². The number of carbonyl (C=O) groups is 1. The molecule has 0 radical (unpaired) electrons. The van der Waals surface area contributed by atoms with Crippen molar-refractivity contribution in [3.63, 3.8) is 0 Å². The molecule has 4 heteroatoms. The van der Waals surface area contributed by atoms with Crippen molar-refractivity contribution in [2.24, 2.45) is 5.73 Å². The summed E-state index contributed by atoms with van der Waals surface area (Å²) in [6.07, 6.45) is 2.83. The Bertz CT molecular complexity index is 392. The third kappa shape index (κ3) is 2.17. The standard InChI is InChI=1S/C12H15NO3/c13-9-5-3-7-11(9)16-10-6-2-1-4-8(10)12(14)15/h1-2,4,6,9,11H,3,5,7,13H2,(H,14,15). The summed E-state index contributed by atoms with van der Waals surface area (Å²) in [5, 5.41) is 8.99. The molecule has 0 aromatic heterocycles. The highest BCUT2D eigenvalue weighted by Gasteiger charge is 2.26. The molecule has 0 aliphatic heterocycles. The van der Waals surface area contributed by atoms with Crippen LogP contribution in [0.5, 0.6) is 5.75 Å². The SMILES string of the molecule is NC1CCCC1Oc1ccccc1C(=O)O. The molecule has 0 amide bonds. The number of nitrogens with two attached hydrogens (primary N) is 1. The maximum Gasteiger partial charge on any atom is 0.339 e. The van der Waals surface area contributed by atoms with Gasteiger partial charge in [0, 0.05) is 6.04 Å². The minimum Gasteiger partial charge on any atom is -0.488 e. The lowest BCUT2D eigenvalue weighted by Crippen LogP contribution is -2.33. The van der Waals surface area contributed by atoms with Crippen LogP contribution >= 0.6 is 0 Å². The first kappa shape index (κ1) is 11.0. The number of aromatic carboxylic acids is 1. The van der Waals surface area contributed by atoms with Crippen LogP contribution in [0.15, 0.2) is 24.3 Å². The molecule has 1 aromatic carbocycles. The van der Waals surface area contributed by atoms with Crippen molar-refractivity contribution in [1.29, 1.82) is 0 Å². The molecular formula is C12H15NO3. The number of carboxylic acids is 1. The first-order valence-electron chi connectivity index (χ1n) is 5.43. The van der Waals surface area contributed by atoms with E-state index in [9.17, 15) is 4.79 Å². The maximum absolute atomic E-state index is 11.0. The Morgan fingerprint density at radius 2 is 2.12 bits per heavy atom. The first-order chi connectivity index (χ1) is 7.68. The van der Waals surface area contributed by atoms with Gasteiger partial charge in [-0.05, 0) is 31.4 Å². The van der Waals surface area contributed by atoms with Crippen molar-refractivity contribution in [2.75, 3.05) is 0 Å². The Labute approximate surface area is 94.0 Å². The van der Waals surface area contributed by atoms with Gasteiger partial charge in [0.25, 0.3) is 0 Å². The zero-order valence-corrected chi connectivity index (χ0v) is 8.93. The quantitative estimate of drug-likeness (QED) is 0.813. The van der Waals surface area contributed by atoms with Gasteiger partial charge in [0.2, 0.25) is 0 Å². The molecule has 2 unspecified atom stereocenters. The smallest absolute Gasteiger partial charge is 0.339 e. The maximum atomic E-state index is 11.0. The van der Waals surface area contributed by atoms with Gasteiger partial charge in [-0.2, -0.15) is 0 Å². The molecule has 0 saturated heterocycles. The molecule has 1 aromatic rings. The number of para-hydroxylation sites is 1. The normalized spacial score (nSPS) is 24.3. The van der Waals surface area contributed by atoms with Crippen LogP contribution in [0.1, 0.15) is 29.6 Å². The van der Waals surface area contributed by atoms with Crippen molar-refractivity contribution in [3.05, 3.63) is 29.8 Å². The average molecular weight is 221 g/mol. The van der Waals surface area contributed by atoms with Gasteiger partial charge in [0.15, 0.2) is 0 Å². The summed E-state index contributed by atoms with van der Waals surface area (Å²) < 4.78 is 5.67. The zero-order valence-electron chi connectivity index (χ0n) is 8.93. The van der Waals surface area contributed by atoms with E-state index in [1.54, 1.807) is 18.2 Å². The Balaban J connectivity index is 2.17. The summed E-state index contributed by atoms with van der Waals surface area (Å²) in [5.41, 5.74) is 6.08. The van der Waals surface area contributed by atoms with Crippen LogP contribution in [-0.2, 0) is 0 Å². The fraction of sp³-hybridized carbons (Fsp3) is 0.417. The van der Waals surface area contributed by atoms with Crippen molar-refractivity contribution in [3.8, 4) is 5.75 Å². The molecule has 2 rings (SSSR count). The molecule has 0 bridgehead atoms. The number of hydrogen-bond donors (Lipinski definition) is 2. The summed E-state index contributed by atoms with van der Waals surface area (Å²) in [4.78, 5) is 11.0. The number of carboxylic acid groups (broad SMARTS) is 1. The zero-order chi connectivity index (χ0) is 11.5. The summed E-state index contributed by atoms with van der Waals surface area (Å²) in [6, 6.07) is 6.68. The number of ether oxygens (including phenoxy) is 1. The molecule has 0 heterocycles. The van der Waals surface area contributed by atoms with Crippen LogP contribution in [-0.4, -0.2) is 23.2 Å². The molecule has 16 heavy (non-hydrogen) atoms. The van der Waals surface area contributed by atoms with Crippen LogP contribution in [0.2, 0.25) is 0 Å². The fourth-order valence-electron chi connectivity index (χ4n) is 2.01. The Kier molecular flexibility index (Phi) is 3.10. The predicted octanol–water partition coefficient (Wildman–Crippen LogP) is 1.64. The lowest BCUT2D eigenvalue weighted by molar-refractivity contribution is 0.0688.